The fraction of sp³-hybridized carbons (Fsp3) is 0.286. The highest BCUT2D eigenvalue weighted by Crippen LogP contribution is 2.33. The third-order valence-electron chi connectivity index (χ3n) is 3.47. The second-order valence-corrected chi connectivity index (χ2v) is 7.29. The van der Waals surface area contributed by atoms with Crippen molar-refractivity contribution in [3.05, 3.63) is 30.0 Å². The molecule has 2 aromatic rings. The Morgan fingerprint density at radius 1 is 1.30 bits per heavy atom. The van der Waals surface area contributed by atoms with Crippen molar-refractivity contribution >= 4 is 27.5 Å². The van der Waals surface area contributed by atoms with Crippen molar-refractivity contribution in [2.24, 2.45) is 0 Å². The molecule has 1 aliphatic carbocycles. The molecule has 0 saturated heterocycles. The molecule has 3 rings (SSSR count). The molecule has 1 aromatic carbocycles. The third-order valence-corrected chi connectivity index (χ3v) is 5.33. The number of aromatic nitrogens is 1. The first-order valence-electron chi connectivity index (χ1n) is 6.95. The zero-order valence-corrected chi connectivity index (χ0v) is 13.1. The van der Waals surface area contributed by atoms with Crippen molar-refractivity contribution in [1.82, 2.24) is 5.16 Å². The Morgan fingerprint density at radius 2 is 1.96 bits per heavy atom. The maximum Gasteiger partial charge on any atom is 0.409 e. The lowest BCUT2D eigenvalue weighted by Gasteiger charge is -2.07. The summed E-state index contributed by atoms with van der Waals surface area (Å²) in [7, 11) is -3.31. The summed E-state index contributed by atoms with van der Waals surface area (Å²) < 4.78 is 31.4. The predicted octanol–water partition coefficient (Wildman–Crippen LogP) is 2.64. The number of rotatable bonds is 5. The first-order valence-corrected chi connectivity index (χ1v) is 8.50. The van der Waals surface area contributed by atoms with Crippen LogP contribution in [0.1, 0.15) is 18.5 Å². The Morgan fingerprint density at radius 3 is 2.52 bits per heavy atom. The van der Waals surface area contributed by atoms with Crippen LogP contribution >= 0.6 is 0 Å². The highest BCUT2D eigenvalue weighted by atomic mass is 32.2. The summed E-state index contributed by atoms with van der Waals surface area (Å²) in [5.41, 5.74) is 1.72. The molecule has 122 valence electrons. The van der Waals surface area contributed by atoms with Gasteiger partial charge in [0.25, 0.3) is 0 Å². The highest BCUT2D eigenvalue weighted by molar-refractivity contribution is 7.93. The summed E-state index contributed by atoms with van der Waals surface area (Å²) in [6.45, 7) is 1.62. The largest absolute Gasteiger partial charge is 0.465 e. The summed E-state index contributed by atoms with van der Waals surface area (Å²) in [6, 6.07) is 6.46. The average Bonchev–Trinajstić information content (AvgIpc) is 3.27. The molecule has 3 N–H and O–H groups in total. The van der Waals surface area contributed by atoms with Crippen molar-refractivity contribution in [3.8, 4) is 11.3 Å². The second-order valence-electron chi connectivity index (χ2n) is 5.33. The topological polar surface area (TPSA) is 122 Å². The molecule has 8 nitrogen and oxygen atoms in total. The molecule has 1 aromatic heterocycles. The lowest BCUT2D eigenvalue weighted by atomic mass is 10.1. The number of nitrogens with zero attached hydrogens (tertiary/aromatic N) is 1. The lowest BCUT2D eigenvalue weighted by molar-refractivity contribution is 0.209. The minimum Gasteiger partial charge on any atom is -0.465 e. The molecule has 23 heavy (non-hydrogen) atoms. The summed E-state index contributed by atoms with van der Waals surface area (Å²) >= 11 is 0. The van der Waals surface area contributed by atoms with Gasteiger partial charge in [-0.1, -0.05) is 5.16 Å². The molecular weight excluding hydrogens is 322 g/mol. The zero-order valence-electron chi connectivity index (χ0n) is 12.2. The van der Waals surface area contributed by atoms with Gasteiger partial charge in [-0.25, -0.2) is 13.2 Å². The number of carbonyl (C=O) groups is 1. The van der Waals surface area contributed by atoms with E-state index in [-0.39, 0.29) is 16.7 Å². The quantitative estimate of drug-likeness (QED) is 0.771. The normalized spacial score (nSPS) is 14.5. The monoisotopic (exact) mass is 337 g/mol. The molecule has 1 saturated carbocycles. The van der Waals surface area contributed by atoms with Gasteiger partial charge in [-0.2, -0.15) is 0 Å². The first-order chi connectivity index (χ1) is 10.9. The van der Waals surface area contributed by atoms with Crippen LogP contribution in [0.15, 0.2) is 28.8 Å². The van der Waals surface area contributed by atoms with Gasteiger partial charge in [-0.3, -0.25) is 10.0 Å². The van der Waals surface area contributed by atoms with Gasteiger partial charge in [0.1, 0.15) is 11.4 Å². The molecule has 0 aliphatic heterocycles. The van der Waals surface area contributed by atoms with Crippen LogP contribution in [-0.2, 0) is 10.0 Å². The van der Waals surface area contributed by atoms with E-state index in [0.717, 1.165) is 0 Å². The molecule has 1 aliphatic rings. The van der Waals surface area contributed by atoms with Crippen LogP contribution in [0.25, 0.3) is 11.3 Å². The fourth-order valence-corrected chi connectivity index (χ4v) is 3.52. The van der Waals surface area contributed by atoms with Crippen molar-refractivity contribution < 1.29 is 22.8 Å². The van der Waals surface area contributed by atoms with Gasteiger partial charge in [0.15, 0.2) is 5.76 Å². The van der Waals surface area contributed by atoms with E-state index in [4.69, 9.17) is 9.63 Å². The van der Waals surface area contributed by atoms with Gasteiger partial charge in [0.05, 0.1) is 5.25 Å². The zero-order chi connectivity index (χ0) is 16.6. The van der Waals surface area contributed by atoms with Crippen LogP contribution in [0.5, 0.6) is 0 Å². The van der Waals surface area contributed by atoms with E-state index < -0.39 is 16.1 Å². The Kier molecular flexibility index (Phi) is 3.72. The summed E-state index contributed by atoms with van der Waals surface area (Å²) in [5, 5.41) is 14.5. The van der Waals surface area contributed by atoms with E-state index in [1.807, 2.05) is 0 Å². The molecule has 0 radical (unpaired) electrons. The standard InChI is InChI=1S/C14H15N3O5S/c1-8-12(15-14(18)19)13(22-16-8)9-2-4-10(5-3-9)17-23(20,21)11-6-7-11/h2-5,11,15,17H,6-7H2,1H3,(H,18,19). The van der Waals surface area contributed by atoms with Gasteiger partial charge < -0.3 is 9.63 Å². The maximum atomic E-state index is 11.9. The van der Waals surface area contributed by atoms with E-state index >= 15 is 0 Å². The minimum absolute atomic E-state index is 0.267. The predicted molar refractivity (Wildman–Crippen MR) is 83.9 cm³/mol. The maximum absolute atomic E-state index is 11.9. The number of carboxylic acid groups (broad SMARTS) is 1. The molecule has 0 unspecified atom stereocenters. The van der Waals surface area contributed by atoms with Crippen LogP contribution in [0.3, 0.4) is 0 Å². The number of sulfonamides is 1. The van der Waals surface area contributed by atoms with Crippen molar-refractivity contribution in [1.29, 1.82) is 0 Å². The Labute approximate surface area is 132 Å². The summed E-state index contributed by atoms with van der Waals surface area (Å²) in [5.74, 6) is 0.279. The van der Waals surface area contributed by atoms with Crippen LogP contribution in [0, 0.1) is 6.92 Å². The van der Waals surface area contributed by atoms with E-state index in [1.54, 1.807) is 31.2 Å². The van der Waals surface area contributed by atoms with Crippen molar-refractivity contribution in [2.75, 3.05) is 10.0 Å². The fourth-order valence-electron chi connectivity index (χ4n) is 2.14. The third kappa shape index (κ3) is 3.29. The van der Waals surface area contributed by atoms with Gasteiger partial charge in [-0.15, -0.1) is 0 Å². The number of nitrogens with one attached hydrogen (secondary N) is 2. The first kappa shape index (κ1) is 15.3. The van der Waals surface area contributed by atoms with E-state index in [9.17, 15) is 13.2 Å². The van der Waals surface area contributed by atoms with Gasteiger partial charge in [0, 0.05) is 11.3 Å². The molecule has 0 spiro atoms. The second kappa shape index (κ2) is 5.58. The lowest BCUT2D eigenvalue weighted by Crippen LogP contribution is -2.17. The molecule has 0 atom stereocenters. The van der Waals surface area contributed by atoms with Gasteiger partial charge in [0.2, 0.25) is 10.0 Å². The van der Waals surface area contributed by atoms with E-state index in [1.165, 1.54) is 0 Å². The van der Waals surface area contributed by atoms with Gasteiger partial charge >= 0.3 is 6.09 Å². The van der Waals surface area contributed by atoms with Crippen LogP contribution < -0.4 is 10.0 Å². The Bertz CT molecular complexity index is 838. The van der Waals surface area contributed by atoms with Crippen LogP contribution in [-0.4, -0.2) is 30.0 Å². The minimum atomic E-state index is -3.31. The number of benzene rings is 1. The number of aryl methyl sites for hydroxylation is 1. The van der Waals surface area contributed by atoms with E-state index in [2.05, 4.69) is 15.2 Å². The Balaban J connectivity index is 1.84. The summed E-state index contributed by atoms with van der Waals surface area (Å²) in [6.07, 6.45) is 0.163. The molecule has 0 bridgehead atoms. The van der Waals surface area contributed by atoms with Crippen molar-refractivity contribution in [2.45, 2.75) is 25.0 Å². The molecule has 1 amide bonds. The van der Waals surface area contributed by atoms with Crippen LogP contribution in [0.4, 0.5) is 16.2 Å². The molecular formula is C14H15N3O5S. The smallest absolute Gasteiger partial charge is 0.409 e. The highest BCUT2D eigenvalue weighted by Gasteiger charge is 2.35. The van der Waals surface area contributed by atoms with E-state index in [0.29, 0.717) is 29.8 Å². The number of amides is 1. The van der Waals surface area contributed by atoms with Crippen molar-refractivity contribution in [3.63, 3.8) is 0 Å². The van der Waals surface area contributed by atoms with Crippen LogP contribution in [0.2, 0.25) is 0 Å². The molecule has 1 fully saturated rings. The Hall–Kier alpha value is -2.55. The summed E-state index contributed by atoms with van der Waals surface area (Å²) in [4.78, 5) is 10.8. The SMILES string of the molecule is Cc1noc(-c2ccc(NS(=O)(=O)C3CC3)cc2)c1NC(=O)O. The number of hydrogen-bond donors (Lipinski definition) is 3. The number of anilines is 2. The van der Waals surface area contributed by atoms with Gasteiger partial charge in [-0.05, 0) is 44.0 Å². The average molecular weight is 337 g/mol. The molecule has 9 heteroatoms. The number of hydrogen-bond acceptors (Lipinski definition) is 5. The molecule has 1 heterocycles.